The van der Waals surface area contributed by atoms with Crippen LogP contribution in [0.3, 0.4) is 0 Å². The van der Waals surface area contributed by atoms with Crippen LogP contribution in [0.25, 0.3) is 0 Å². The van der Waals surface area contributed by atoms with Crippen molar-refractivity contribution in [2.45, 2.75) is 19.3 Å². The molecular weight excluding hydrogens is 372 g/mol. The molecule has 0 radical (unpaired) electrons. The molecule has 1 rings (SSSR count). The molecule has 0 N–H and O–H groups in total. The van der Waals surface area contributed by atoms with E-state index in [1.807, 2.05) is 14.1 Å². The highest BCUT2D eigenvalue weighted by Gasteiger charge is 2.48. The quantitative estimate of drug-likeness (QED) is 0.510. The Morgan fingerprint density at radius 1 is 0.947 bits per heavy atom. The molecule has 0 atom stereocenters. The van der Waals surface area contributed by atoms with Crippen molar-refractivity contribution < 1.29 is 0 Å². The van der Waals surface area contributed by atoms with E-state index in [9.17, 15) is 0 Å². The molecule has 0 saturated heterocycles. The molecule has 0 unspecified atom stereocenters. The second-order valence-electron chi connectivity index (χ2n) is 4.40. The highest BCUT2D eigenvalue weighted by Crippen LogP contribution is 2.45. The minimum absolute atomic E-state index is 0.134. The second-order valence-corrected chi connectivity index (χ2v) is 5.71. The third-order valence-electron chi connectivity index (χ3n) is 3.62. The predicted molar refractivity (Wildman–Crippen MR) is 92.4 cm³/mol. The van der Waals surface area contributed by atoms with Crippen LogP contribution in [0, 0.1) is 5.41 Å². The Hall–Kier alpha value is -0.360. The van der Waals surface area contributed by atoms with Gasteiger partial charge in [0.05, 0.1) is 22.6 Å². The molecule has 1 saturated carbocycles. The third-order valence-corrected chi connectivity index (χ3v) is 4.88. The molecule has 0 bridgehead atoms. The molecule has 4 nitrogen and oxygen atoms in total. The lowest BCUT2D eigenvalue weighted by molar-refractivity contribution is 0.339. The smallest absolute Gasteiger partial charge is 0.122 e. The van der Waals surface area contributed by atoms with Crippen LogP contribution in [0.5, 0.6) is 0 Å². The maximum atomic E-state index is 4.51. The van der Waals surface area contributed by atoms with Crippen LogP contribution < -0.4 is 0 Å². The summed E-state index contributed by atoms with van der Waals surface area (Å²) in [5.41, 5.74) is 2.85. The first-order chi connectivity index (χ1) is 9.11. The van der Waals surface area contributed by atoms with Gasteiger partial charge >= 0.3 is 0 Å². The number of alkyl halides is 1. The van der Waals surface area contributed by atoms with Gasteiger partial charge in [-0.2, -0.15) is 0 Å². The molecule has 0 spiro atoms. The van der Waals surface area contributed by atoms with Gasteiger partial charge in [0.1, 0.15) is 4.62 Å². The zero-order valence-electron chi connectivity index (χ0n) is 11.9. The summed E-state index contributed by atoms with van der Waals surface area (Å²) in [7, 11) is 7.21. The van der Waals surface area contributed by atoms with E-state index in [1.54, 1.807) is 14.1 Å². The molecule has 106 valence electrons. The van der Waals surface area contributed by atoms with E-state index in [-0.39, 0.29) is 5.41 Å². The molecule has 1 fully saturated rings. The first kappa shape index (κ1) is 16.7. The Balaban J connectivity index is 3.31. The fourth-order valence-corrected chi connectivity index (χ4v) is 3.65. The van der Waals surface area contributed by atoms with Gasteiger partial charge in [-0.3, -0.25) is 20.0 Å². The summed E-state index contributed by atoms with van der Waals surface area (Å²) in [6.45, 7) is 0. The fraction of sp³-hybridized carbons (Fsp3) is 0.692. The standard InChI is InChI=1S/C13H20Br2N4/c1-16-9(8-14)10(17-2)13(6-5-7-13)11(18-3)12(15)19-4/h5-8H2,1-4H3. The van der Waals surface area contributed by atoms with Crippen LogP contribution in [0.4, 0.5) is 0 Å². The Kier molecular flexibility index (Phi) is 6.53. The zero-order valence-corrected chi connectivity index (χ0v) is 15.0. The first-order valence-electron chi connectivity index (χ1n) is 6.20. The van der Waals surface area contributed by atoms with Crippen molar-refractivity contribution in [2.75, 3.05) is 33.5 Å². The summed E-state index contributed by atoms with van der Waals surface area (Å²) in [5, 5.41) is 0.704. The van der Waals surface area contributed by atoms with E-state index in [4.69, 9.17) is 0 Å². The summed E-state index contributed by atoms with van der Waals surface area (Å²) in [6, 6.07) is 0. The van der Waals surface area contributed by atoms with Gasteiger partial charge < -0.3 is 0 Å². The maximum Gasteiger partial charge on any atom is 0.122 e. The van der Waals surface area contributed by atoms with Gasteiger partial charge in [-0.05, 0) is 28.8 Å². The number of rotatable bonds is 5. The van der Waals surface area contributed by atoms with Gasteiger partial charge in [0, 0.05) is 33.5 Å². The van der Waals surface area contributed by atoms with Crippen molar-refractivity contribution in [3.05, 3.63) is 0 Å². The molecule has 1 aliphatic carbocycles. The lowest BCUT2D eigenvalue weighted by Crippen LogP contribution is -2.50. The Labute approximate surface area is 131 Å². The van der Waals surface area contributed by atoms with Crippen LogP contribution in [-0.2, 0) is 0 Å². The van der Waals surface area contributed by atoms with Crippen molar-refractivity contribution in [3.8, 4) is 0 Å². The maximum absolute atomic E-state index is 4.51. The van der Waals surface area contributed by atoms with Crippen LogP contribution >= 0.6 is 31.9 Å². The largest absolute Gasteiger partial charge is 0.290 e. The van der Waals surface area contributed by atoms with E-state index in [0.29, 0.717) is 5.33 Å². The van der Waals surface area contributed by atoms with Crippen molar-refractivity contribution in [1.82, 2.24) is 0 Å². The molecule has 0 aromatic carbocycles. The van der Waals surface area contributed by atoms with Gasteiger partial charge in [-0.15, -0.1) is 0 Å². The summed E-state index contributed by atoms with van der Waals surface area (Å²) in [5.74, 6) is 0. The van der Waals surface area contributed by atoms with Gasteiger partial charge in [-0.1, -0.05) is 22.4 Å². The number of nitrogens with zero attached hydrogens (tertiary/aromatic N) is 4. The number of halogens is 2. The molecule has 1 aliphatic rings. The van der Waals surface area contributed by atoms with Crippen molar-refractivity contribution >= 4 is 53.6 Å². The van der Waals surface area contributed by atoms with Crippen LogP contribution in [0.2, 0.25) is 0 Å². The predicted octanol–water partition coefficient (Wildman–Crippen LogP) is 3.19. The molecular formula is C13H20Br2N4. The van der Waals surface area contributed by atoms with Gasteiger partial charge in [0.15, 0.2) is 0 Å². The third kappa shape index (κ3) is 3.05. The van der Waals surface area contributed by atoms with Crippen molar-refractivity contribution in [1.29, 1.82) is 0 Å². The SMILES string of the molecule is CN=C(Br)C(=NC)C1(C(=NC)C(CBr)=NC)CCC1. The van der Waals surface area contributed by atoms with Gasteiger partial charge in [0.25, 0.3) is 0 Å². The molecule has 0 heterocycles. The number of aliphatic imine (C=N–C) groups is 4. The molecule has 0 aromatic rings. The van der Waals surface area contributed by atoms with E-state index >= 15 is 0 Å². The zero-order chi connectivity index (χ0) is 14.5. The highest BCUT2D eigenvalue weighted by atomic mass is 79.9. The lowest BCUT2D eigenvalue weighted by Gasteiger charge is -2.43. The highest BCUT2D eigenvalue weighted by molar-refractivity contribution is 9.19. The average Bonchev–Trinajstić information content (AvgIpc) is 2.40. The van der Waals surface area contributed by atoms with Crippen LogP contribution in [0.1, 0.15) is 19.3 Å². The van der Waals surface area contributed by atoms with E-state index in [0.717, 1.165) is 34.6 Å². The summed E-state index contributed by atoms with van der Waals surface area (Å²) in [4.78, 5) is 17.6. The Morgan fingerprint density at radius 2 is 1.53 bits per heavy atom. The Bertz CT molecular complexity index is 446. The molecule has 0 aromatic heterocycles. The van der Waals surface area contributed by atoms with Gasteiger partial charge in [-0.25, -0.2) is 0 Å². The van der Waals surface area contributed by atoms with E-state index < -0.39 is 0 Å². The van der Waals surface area contributed by atoms with E-state index in [1.165, 1.54) is 6.42 Å². The minimum Gasteiger partial charge on any atom is -0.290 e. The number of hydrogen-bond donors (Lipinski definition) is 0. The molecule has 0 amide bonds. The summed E-state index contributed by atoms with van der Waals surface area (Å²) >= 11 is 7.01. The molecule has 19 heavy (non-hydrogen) atoms. The first-order valence-corrected chi connectivity index (χ1v) is 8.11. The Morgan fingerprint density at radius 3 is 1.79 bits per heavy atom. The van der Waals surface area contributed by atoms with Crippen LogP contribution in [0.15, 0.2) is 20.0 Å². The monoisotopic (exact) mass is 390 g/mol. The van der Waals surface area contributed by atoms with E-state index in [2.05, 4.69) is 51.8 Å². The normalized spacial score (nSPS) is 21.4. The number of hydrogen-bond acceptors (Lipinski definition) is 4. The summed E-state index contributed by atoms with van der Waals surface area (Å²) in [6.07, 6.45) is 3.27. The average molecular weight is 392 g/mol. The second kappa shape index (κ2) is 7.43. The van der Waals surface area contributed by atoms with Gasteiger partial charge in [0.2, 0.25) is 0 Å². The van der Waals surface area contributed by atoms with Crippen LogP contribution in [-0.4, -0.2) is 55.3 Å². The molecule has 6 heteroatoms. The minimum atomic E-state index is -0.134. The fourth-order valence-electron chi connectivity index (χ4n) is 2.57. The molecule has 0 aliphatic heterocycles. The lowest BCUT2D eigenvalue weighted by atomic mass is 9.61. The summed E-state index contributed by atoms with van der Waals surface area (Å²) < 4.78 is 0.806. The topological polar surface area (TPSA) is 49.4 Å². The van der Waals surface area contributed by atoms with Crippen molar-refractivity contribution in [3.63, 3.8) is 0 Å². The van der Waals surface area contributed by atoms with Crippen molar-refractivity contribution in [2.24, 2.45) is 25.4 Å².